The van der Waals surface area contributed by atoms with Gasteiger partial charge in [0, 0.05) is 11.9 Å². The van der Waals surface area contributed by atoms with Gasteiger partial charge < -0.3 is 9.84 Å². The predicted molar refractivity (Wildman–Crippen MR) is 74.8 cm³/mol. The minimum atomic E-state index is -0.818. The van der Waals surface area contributed by atoms with E-state index in [0.29, 0.717) is 12.5 Å². The van der Waals surface area contributed by atoms with Crippen molar-refractivity contribution in [2.75, 3.05) is 6.61 Å². The zero-order valence-electron chi connectivity index (χ0n) is 11.1. The lowest BCUT2D eigenvalue weighted by Crippen LogP contribution is -2.10. The minimum absolute atomic E-state index is 0.482. The number of nitrogens with zero attached hydrogens (tertiary/aromatic N) is 2. The second kappa shape index (κ2) is 5.52. The van der Waals surface area contributed by atoms with Crippen LogP contribution in [0.3, 0.4) is 0 Å². The van der Waals surface area contributed by atoms with Crippen LogP contribution in [0.15, 0.2) is 23.1 Å². The van der Waals surface area contributed by atoms with Crippen molar-refractivity contribution in [3.05, 3.63) is 18.2 Å². The number of aryl methyl sites for hydroxylation is 1. The summed E-state index contributed by atoms with van der Waals surface area (Å²) in [4.78, 5) is 11.8. The molecule has 0 radical (unpaired) electrons. The van der Waals surface area contributed by atoms with Crippen LogP contribution >= 0.6 is 11.8 Å². The van der Waals surface area contributed by atoms with Gasteiger partial charge in [-0.1, -0.05) is 0 Å². The summed E-state index contributed by atoms with van der Waals surface area (Å²) in [7, 11) is 1.86. The third-order valence-corrected chi connectivity index (χ3v) is 3.81. The summed E-state index contributed by atoms with van der Waals surface area (Å²) >= 11 is 1.31. The molecule has 1 atom stereocenters. The van der Waals surface area contributed by atoms with Gasteiger partial charge in [-0.3, -0.25) is 9.48 Å². The lowest BCUT2D eigenvalue weighted by Gasteiger charge is -2.06. The third-order valence-electron chi connectivity index (χ3n) is 2.73. The first kappa shape index (κ1) is 13.7. The Morgan fingerprint density at radius 1 is 1.58 bits per heavy atom. The van der Waals surface area contributed by atoms with E-state index in [2.05, 4.69) is 5.10 Å². The van der Waals surface area contributed by atoms with E-state index in [9.17, 15) is 4.79 Å². The van der Waals surface area contributed by atoms with Gasteiger partial charge in [-0.2, -0.15) is 0 Å². The molecular formula is C13H16N2O3S. The van der Waals surface area contributed by atoms with Crippen LogP contribution in [0.25, 0.3) is 10.9 Å². The van der Waals surface area contributed by atoms with Crippen LogP contribution in [0, 0.1) is 0 Å². The van der Waals surface area contributed by atoms with Gasteiger partial charge >= 0.3 is 5.97 Å². The second-order valence-corrected chi connectivity index (χ2v) is 5.55. The summed E-state index contributed by atoms with van der Waals surface area (Å²) in [5.41, 5.74) is 0.968. The Balaban J connectivity index is 2.38. The maximum atomic E-state index is 10.9. The number of hydrogen-bond acceptors (Lipinski definition) is 4. The number of aromatic nitrogens is 2. The predicted octanol–water partition coefficient (Wildman–Crippen LogP) is 2.54. The van der Waals surface area contributed by atoms with Gasteiger partial charge in [-0.25, -0.2) is 0 Å². The Bertz CT molecular complexity index is 609. The molecule has 0 aliphatic rings. The largest absolute Gasteiger partial charge is 0.480 e. The highest BCUT2D eigenvalue weighted by Gasteiger charge is 2.15. The second-order valence-electron chi connectivity index (χ2n) is 4.14. The van der Waals surface area contributed by atoms with Gasteiger partial charge in [0.25, 0.3) is 0 Å². The molecule has 1 N–H and O–H groups in total. The van der Waals surface area contributed by atoms with Crippen molar-refractivity contribution in [3.63, 3.8) is 0 Å². The van der Waals surface area contributed by atoms with Crippen LogP contribution in [0.5, 0.6) is 5.88 Å². The van der Waals surface area contributed by atoms with Gasteiger partial charge in [0.1, 0.15) is 5.25 Å². The van der Waals surface area contributed by atoms with Gasteiger partial charge in [-0.05, 0) is 32.0 Å². The Morgan fingerprint density at radius 3 is 2.95 bits per heavy atom. The number of rotatable bonds is 5. The summed E-state index contributed by atoms with van der Waals surface area (Å²) in [5, 5.41) is 13.7. The molecule has 1 aromatic heterocycles. The highest BCUT2D eigenvalue weighted by atomic mass is 32.2. The Kier molecular flexibility index (Phi) is 3.99. The first-order chi connectivity index (χ1) is 9.02. The van der Waals surface area contributed by atoms with E-state index in [1.165, 1.54) is 11.8 Å². The van der Waals surface area contributed by atoms with Crippen molar-refractivity contribution in [3.8, 4) is 5.88 Å². The summed E-state index contributed by atoms with van der Waals surface area (Å²) in [6.45, 7) is 4.13. The first-order valence-corrected chi connectivity index (χ1v) is 6.90. The molecule has 1 heterocycles. The molecule has 2 rings (SSSR count). The molecule has 0 fully saturated rings. The molecule has 0 amide bonds. The molecule has 0 saturated heterocycles. The van der Waals surface area contributed by atoms with Crippen LogP contribution in [0.4, 0.5) is 0 Å². The number of ether oxygens (including phenoxy) is 1. The van der Waals surface area contributed by atoms with Crippen LogP contribution in [0.1, 0.15) is 13.8 Å². The molecule has 2 aromatic rings. The molecule has 6 heteroatoms. The van der Waals surface area contributed by atoms with Crippen LogP contribution in [0.2, 0.25) is 0 Å². The molecule has 0 spiro atoms. The van der Waals surface area contributed by atoms with Crippen LogP contribution < -0.4 is 4.74 Å². The molecule has 0 aliphatic heterocycles. The SMILES string of the molecule is CCOc1nn(C)c2ccc(S[C@H](C)C(=O)O)cc12. The van der Waals surface area contributed by atoms with E-state index < -0.39 is 11.2 Å². The molecule has 0 saturated carbocycles. The monoisotopic (exact) mass is 280 g/mol. The first-order valence-electron chi connectivity index (χ1n) is 6.02. The van der Waals surface area contributed by atoms with E-state index >= 15 is 0 Å². The van der Waals surface area contributed by atoms with Gasteiger partial charge in [-0.15, -0.1) is 16.9 Å². The number of hydrogen-bond donors (Lipinski definition) is 1. The van der Waals surface area contributed by atoms with Crippen molar-refractivity contribution >= 4 is 28.6 Å². The van der Waals surface area contributed by atoms with E-state index in [-0.39, 0.29) is 0 Å². The number of thioether (sulfide) groups is 1. The Labute approximate surface area is 115 Å². The summed E-state index contributed by atoms with van der Waals surface area (Å²) in [6.07, 6.45) is 0. The summed E-state index contributed by atoms with van der Waals surface area (Å²) < 4.78 is 7.25. The highest BCUT2D eigenvalue weighted by Crippen LogP contribution is 2.31. The third kappa shape index (κ3) is 2.84. The van der Waals surface area contributed by atoms with Crippen LogP contribution in [-0.2, 0) is 11.8 Å². The standard InChI is InChI=1S/C13H16N2O3S/c1-4-18-12-10-7-9(19-8(2)13(16)17)5-6-11(10)15(3)14-12/h5-8H,4H2,1-3H3,(H,16,17)/t8-/m1/s1. The van der Waals surface area contributed by atoms with E-state index in [4.69, 9.17) is 9.84 Å². The number of carboxylic acids is 1. The van der Waals surface area contributed by atoms with Crippen LogP contribution in [-0.4, -0.2) is 32.7 Å². The molecule has 5 nitrogen and oxygen atoms in total. The van der Waals surface area contributed by atoms with Crippen molar-refractivity contribution in [2.24, 2.45) is 7.05 Å². The van der Waals surface area contributed by atoms with Crippen molar-refractivity contribution in [1.82, 2.24) is 9.78 Å². The molecule has 0 bridgehead atoms. The van der Waals surface area contributed by atoms with Crippen molar-refractivity contribution in [2.45, 2.75) is 24.0 Å². The lowest BCUT2D eigenvalue weighted by molar-refractivity contribution is -0.136. The summed E-state index contributed by atoms with van der Waals surface area (Å²) in [6, 6.07) is 5.77. The fourth-order valence-corrected chi connectivity index (χ4v) is 2.63. The molecule has 0 aliphatic carbocycles. The number of aliphatic carboxylic acids is 1. The van der Waals surface area contributed by atoms with Crippen molar-refractivity contribution in [1.29, 1.82) is 0 Å². The number of fused-ring (bicyclic) bond motifs is 1. The molecular weight excluding hydrogens is 264 g/mol. The van der Waals surface area contributed by atoms with Gasteiger partial charge in [0.15, 0.2) is 0 Å². The molecule has 19 heavy (non-hydrogen) atoms. The van der Waals surface area contributed by atoms with Gasteiger partial charge in [0.2, 0.25) is 5.88 Å². The fourth-order valence-electron chi connectivity index (χ4n) is 1.78. The van der Waals surface area contributed by atoms with E-state index in [1.807, 2.05) is 32.2 Å². The zero-order chi connectivity index (χ0) is 14.0. The van der Waals surface area contributed by atoms with Crippen molar-refractivity contribution < 1.29 is 14.6 Å². The Morgan fingerprint density at radius 2 is 2.32 bits per heavy atom. The molecule has 1 aromatic carbocycles. The lowest BCUT2D eigenvalue weighted by atomic mass is 10.2. The maximum Gasteiger partial charge on any atom is 0.316 e. The fraction of sp³-hybridized carbons (Fsp3) is 0.385. The topological polar surface area (TPSA) is 64.4 Å². The zero-order valence-corrected chi connectivity index (χ0v) is 11.9. The smallest absolute Gasteiger partial charge is 0.316 e. The average Bonchev–Trinajstić information content (AvgIpc) is 2.66. The normalized spacial score (nSPS) is 12.6. The van der Waals surface area contributed by atoms with E-state index in [0.717, 1.165) is 15.8 Å². The van der Waals surface area contributed by atoms with Gasteiger partial charge in [0.05, 0.1) is 17.5 Å². The number of carboxylic acid groups (broad SMARTS) is 1. The number of carbonyl (C=O) groups is 1. The highest BCUT2D eigenvalue weighted by molar-refractivity contribution is 8.00. The minimum Gasteiger partial charge on any atom is -0.480 e. The quantitative estimate of drug-likeness (QED) is 0.853. The molecule has 102 valence electrons. The summed E-state index contributed by atoms with van der Waals surface area (Å²) in [5.74, 6) is -0.230. The van der Waals surface area contributed by atoms with E-state index in [1.54, 1.807) is 11.6 Å². The Hall–Kier alpha value is -1.69. The maximum absolute atomic E-state index is 10.9. The molecule has 0 unspecified atom stereocenters. The number of benzene rings is 1. The average molecular weight is 280 g/mol.